The number of hydrogen-bond donors (Lipinski definition) is 2. The molecule has 0 aromatic heterocycles. The average Bonchev–Trinajstić information content (AvgIpc) is 2.72. The summed E-state index contributed by atoms with van der Waals surface area (Å²) in [6.07, 6.45) is 3.85. The minimum atomic E-state index is 0.707. The molecule has 28 heavy (non-hydrogen) atoms. The van der Waals surface area contributed by atoms with Crippen LogP contribution in [0.3, 0.4) is 0 Å². The van der Waals surface area contributed by atoms with Crippen LogP contribution in [0.25, 0.3) is 0 Å². The van der Waals surface area contributed by atoms with E-state index >= 15 is 0 Å². The van der Waals surface area contributed by atoms with Gasteiger partial charge < -0.3 is 15.5 Å². The van der Waals surface area contributed by atoms with Gasteiger partial charge in [-0.05, 0) is 80.3 Å². The topological polar surface area (TPSA) is 27.3 Å². The van der Waals surface area contributed by atoms with E-state index in [0.29, 0.717) is 5.11 Å². The van der Waals surface area contributed by atoms with Crippen LogP contribution in [0.4, 0.5) is 5.69 Å². The van der Waals surface area contributed by atoms with Crippen LogP contribution in [0.2, 0.25) is 0 Å². The van der Waals surface area contributed by atoms with E-state index in [1.165, 1.54) is 36.4 Å². The molecule has 0 spiro atoms. The highest BCUT2D eigenvalue weighted by Crippen LogP contribution is 2.23. The third kappa shape index (κ3) is 7.46. The fourth-order valence-corrected chi connectivity index (χ4v) is 4.63. The fraction of sp³-hybridized carbons (Fsp3) is 0.435. The zero-order valence-electron chi connectivity index (χ0n) is 16.7. The van der Waals surface area contributed by atoms with Gasteiger partial charge in [-0.1, -0.05) is 37.3 Å². The Morgan fingerprint density at radius 3 is 2.68 bits per heavy atom. The van der Waals surface area contributed by atoms with Gasteiger partial charge in [-0.15, -0.1) is 11.8 Å². The van der Waals surface area contributed by atoms with Crippen molar-refractivity contribution in [3.63, 3.8) is 0 Å². The van der Waals surface area contributed by atoms with Crippen molar-refractivity contribution in [2.75, 3.05) is 31.5 Å². The number of piperidine rings is 1. The largest absolute Gasteiger partial charge is 0.362 e. The van der Waals surface area contributed by atoms with Crippen molar-refractivity contribution < 1.29 is 0 Å². The molecular weight excluding hydrogens is 382 g/mol. The molecule has 0 saturated carbocycles. The maximum Gasteiger partial charge on any atom is 0.170 e. The molecule has 3 rings (SSSR count). The third-order valence-electron chi connectivity index (χ3n) is 5.04. The molecule has 0 radical (unpaired) electrons. The second-order valence-electron chi connectivity index (χ2n) is 7.58. The minimum absolute atomic E-state index is 0.707. The Bertz CT molecular complexity index is 718. The summed E-state index contributed by atoms with van der Waals surface area (Å²) in [5.41, 5.74) is 2.35. The van der Waals surface area contributed by atoms with Gasteiger partial charge in [-0.2, -0.15) is 0 Å². The molecule has 0 unspecified atom stereocenters. The molecule has 1 heterocycles. The van der Waals surface area contributed by atoms with Gasteiger partial charge in [0, 0.05) is 29.4 Å². The van der Waals surface area contributed by atoms with E-state index in [4.69, 9.17) is 12.2 Å². The Labute approximate surface area is 179 Å². The molecule has 2 aromatic carbocycles. The molecule has 2 N–H and O–H groups in total. The van der Waals surface area contributed by atoms with Crippen molar-refractivity contribution in [1.29, 1.82) is 0 Å². The molecule has 0 amide bonds. The summed E-state index contributed by atoms with van der Waals surface area (Å²) in [4.78, 5) is 3.88. The Kier molecular flexibility index (Phi) is 8.65. The van der Waals surface area contributed by atoms with Gasteiger partial charge in [0.1, 0.15) is 0 Å². The third-order valence-corrected chi connectivity index (χ3v) is 6.37. The first kappa shape index (κ1) is 21.2. The second kappa shape index (κ2) is 11.4. The van der Waals surface area contributed by atoms with Crippen molar-refractivity contribution in [3.05, 3.63) is 60.2 Å². The number of nitrogens with zero attached hydrogens (tertiary/aromatic N) is 1. The normalized spacial score (nSPS) is 17.2. The van der Waals surface area contributed by atoms with E-state index in [1.54, 1.807) is 0 Å². The van der Waals surface area contributed by atoms with Gasteiger partial charge in [-0.25, -0.2) is 0 Å². The molecule has 1 atom stereocenters. The van der Waals surface area contributed by atoms with Crippen molar-refractivity contribution >= 4 is 34.8 Å². The molecule has 1 aliphatic heterocycles. The summed E-state index contributed by atoms with van der Waals surface area (Å²) in [6.45, 7) is 6.94. The zero-order valence-corrected chi connectivity index (χ0v) is 18.3. The predicted molar refractivity (Wildman–Crippen MR) is 126 cm³/mol. The van der Waals surface area contributed by atoms with Gasteiger partial charge in [-0.3, -0.25) is 0 Å². The van der Waals surface area contributed by atoms with Crippen LogP contribution in [0, 0.1) is 5.92 Å². The second-order valence-corrected chi connectivity index (χ2v) is 9.04. The van der Waals surface area contributed by atoms with E-state index in [9.17, 15) is 0 Å². The Morgan fingerprint density at radius 1 is 1.14 bits per heavy atom. The fourth-order valence-electron chi connectivity index (χ4n) is 3.54. The van der Waals surface area contributed by atoms with Crippen molar-refractivity contribution in [3.8, 4) is 0 Å². The maximum absolute atomic E-state index is 5.43. The molecular formula is C23H31N3S2. The number of thiocarbonyl (C=S) groups is 1. The Hall–Kier alpha value is -1.56. The highest BCUT2D eigenvalue weighted by atomic mass is 32.2. The number of anilines is 1. The lowest BCUT2D eigenvalue weighted by atomic mass is 10.0. The lowest BCUT2D eigenvalue weighted by Gasteiger charge is -2.30. The summed E-state index contributed by atoms with van der Waals surface area (Å²) in [5.74, 6) is 1.82. The monoisotopic (exact) mass is 413 g/mol. The number of benzene rings is 2. The van der Waals surface area contributed by atoms with Crippen LogP contribution in [0.5, 0.6) is 0 Å². The van der Waals surface area contributed by atoms with Crippen molar-refractivity contribution in [1.82, 2.24) is 10.2 Å². The summed E-state index contributed by atoms with van der Waals surface area (Å²) in [5, 5.41) is 7.33. The molecule has 0 bridgehead atoms. The SMILES string of the molecule is C[C@@H]1CCCN(CCCNC(=S)Nc2ccc(CSc3ccccc3)cc2)C1. The molecule has 1 aliphatic rings. The summed E-state index contributed by atoms with van der Waals surface area (Å²) in [6, 6.07) is 19.0. The standard InChI is InChI=1S/C23H31N3S2/c1-19-7-5-15-26(17-19)16-6-14-24-23(27)25-21-12-10-20(11-13-21)18-28-22-8-3-2-4-9-22/h2-4,8-13,19H,5-7,14-18H2,1H3,(H2,24,25,27)/t19-/m1/s1. The number of nitrogens with one attached hydrogen (secondary N) is 2. The van der Waals surface area contributed by atoms with Crippen LogP contribution in [-0.2, 0) is 5.75 Å². The highest BCUT2D eigenvalue weighted by molar-refractivity contribution is 7.98. The number of thioether (sulfide) groups is 1. The summed E-state index contributed by atoms with van der Waals surface area (Å²) < 4.78 is 0. The van der Waals surface area contributed by atoms with Gasteiger partial charge >= 0.3 is 0 Å². The molecule has 150 valence electrons. The number of hydrogen-bond acceptors (Lipinski definition) is 3. The van der Waals surface area contributed by atoms with E-state index < -0.39 is 0 Å². The summed E-state index contributed by atoms with van der Waals surface area (Å²) >= 11 is 7.29. The van der Waals surface area contributed by atoms with E-state index in [2.05, 4.69) is 77.1 Å². The van der Waals surface area contributed by atoms with Gasteiger partial charge in [0.15, 0.2) is 5.11 Å². The van der Waals surface area contributed by atoms with E-state index in [1.807, 2.05) is 11.8 Å². The molecule has 1 fully saturated rings. The molecule has 5 heteroatoms. The Morgan fingerprint density at radius 2 is 1.93 bits per heavy atom. The van der Waals surface area contributed by atoms with E-state index in [0.717, 1.165) is 36.9 Å². The van der Waals surface area contributed by atoms with Gasteiger partial charge in [0.25, 0.3) is 0 Å². The molecule has 3 nitrogen and oxygen atoms in total. The average molecular weight is 414 g/mol. The first-order chi connectivity index (χ1) is 13.7. The Balaban J connectivity index is 1.32. The van der Waals surface area contributed by atoms with Crippen molar-refractivity contribution in [2.45, 2.75) is 36.8 Å². The molecule has 1 saturated heterocycles. The van der Waals surface area contributed by atoms with Crippen LogP contribution < -0.4 is 10.6 Å². The van der Waals surface area contributed by atoms with Crippen LogP contribution in [-0.4, -0.2) is 36.2 Å². The lowest BCUT2D eigenvalue weighted by molar-refractivity contribution is 0.182. The van der Waals surface area contributed by atoms with Gasteiger partial charge in [0.05, 0.1) is 0 Å². The first-order valence-electron chi connectivity index (χ1n) is 10.2. The number of likely N-dealkylation sites (tertiary alicyclic amines) is 1. The first-order valence-corrected chi connectivity index (χ1v) is 11.6. The zero-order chi connectivity index (χ0) is 19.6. The predicted octanol–water partition coefficient (Wildman–Crippen LogP) is 5.39. The van der Waals surface area contributed by atoms with Crippen molar-refractivity contribution in [2.24, 2.45) is 5.92 Å². The summed E-state index contributed by atoms with van der Waals surface area (Å²) in [7, 11) is 0. The molecule has 0 aliphatic carbocycles. The maximum atomic E-state index is 5.43. The van der Waals surface area contributed by atoms with E-state index in [-0.39, 0.29) is 0 Å². The smallest absolute Gasteiger partial charge is 0.170 e. The van der Waals surface area contributed by atoms with Gasteiger partial charge in [0.2, 0.25) is 0 Å². The highest BCUT2D eigenvalue weighted by Gasteiger charge is 2.15. The number of rotatable bonds is 8. The minimum Gasteiger partial charge on any atom is -0.362 e. The van der Waals surface area contributed by atoms with Crippen LogP contribution in [0.15, 0.2) is 59.5 Å². The van der Waals surface area contributed by atoms with Crippen LogP contribution >= 0.6 is 24.0 Å². The van der Waals surface area contributed by atoms with Crippen LogP contribution in [0.1, 0.15) is 31.7 Å². The molecule has 2 aromatic rings. The lowest BCUT2D eigenvalue weighted by Crippen LogP contribution is -2.37. The quantitative estimate of drug-likeness (QED) is 0.344.